The number of piperazine rings is 1. The minimum absolute atomic E-state index is 0.557. The van der Waals surface area contributed by atoms with Gasteiger partial charge < -0.3 is 15.0 Å². The maximum absolute atomic E-state index is 5.82. The van der Waals surface area contributed by atoms with Crippen LogP contribution in [0.3, 0.4) is 0 Å². The normalized spacial score (nSPS) is 15.0. The number of nitrogens with zero attached hydrogens (tertiary/aromatic N) is 2. The third-order valence-corrected chi connectivity index (χ3v) is 3.66. The Morgan fingerprint density at radius 2 is 1.90 bits per heavy atom. The summed E-state index contributed by atoms with van der Waals surface area (Å²) in [4.78, 5) is 6.57. The molecule has 4 nitrogen and oxygen atoms in total. The molecule has 0 bridgehead atoms. The second-order valence-corrected chi connectivity index (χ2v) is 5.39. The minimum Gasteiger partial charge on any atom is -0.489 e. The molecule has 2 heterocycles. The molecule has 4 heteroatoms. The van der Waals surface area contributed by atoms with Crippen LogP contribution in [-0.4, -0.2) is 31.2 Å². The minimum atomic E-state index is 0.557. The SMILES string of the molecule is Cc1cncc(COc2ccc(N3CCNCC3)cc2)c1. The summed E-state index contributed by atoms with van der Waals surface area (Å²) in [6.07, 6.45) is 3.70. The molecule has 1 aliphatic heterocycles. The van der Waals surface area contributed by atoms with E-state index in [1.807, 2.05) is 31.5 Å². The molecule has 0 aliphatic carbocycles. The largest absolute Gasteiger partial charge is 0.489 e. The van der Waals surface area contributed by atoms with Crippen molar-refractivity contribution >= 4 is 5.69 Å². The van der Waals surface area contributed by atoms with Crippen LogP contribution in [0.2, 0.25) is 0 Å². The van der Waals surface area contributed by atoms with E-state index in [2.05, 4.69) is 33.4 Å². The molecule has 1 fully saturated rings. The summed E-state index contributed by atoms with van der Waals surface area (Å²) in [5, 5.41) is 3.37. The lowest BCUT2D eigenvalue weighted by atomic mass is 10.2. The summed E-state index contributed by atoms with van der Waals surface area (Å²) in [6, 6.07) is 10.5. The van der Waals surface area contributed by atoms with Crippen molar-refractivity contribution in [1.82, 2.24) is 10.3 Å². The van der Waals surface area contributed by atoms with Crippen molar-refractivity contribution in [2.24, 2.45) is 0 Å². The van der Waals surface area contributed by atoms with Crippen LogP contribution in [-0.2, 0) is 6.61 Å². The third kappa shape index (κ3) is 3.73. The lowest BCUT2D eigenvalue weighted by Gasteiger charge is -2.29. The number of pyridine rings is 1. The molecule has 1 aromatic carbocycles. The molecule has 0 spiro atoms. The number of hydrogen-bond acceptors (Lipinski definition) is 4. The third-order valence-electron chi connectivity index (χ3n) is 3.66. The van der Waals surface area contributed by atoms with E-state index in [1.54, 1.807) is 0 Å². The van der Waals surface area contributed by atoms with Gasteiger partial charge in [-0.15, -0.1) is 0 Å². The van der Waals surface area contributed by atoms with E-state index in [4.69, 9.17) is 4.74 Å². The number of hydrogen-bond donors (Lipinski definition) is 1. The van der Waals surface area contributed by atoms with Crippen molar-refractivity contribution in [3.05, 3.63) is 53.9 Å². The Morgan fingerprint density at radius 3 is 2.62 bits per heavy atom. The molecule has 1 N–H and O–H groups in total. The average molecular weight is 283 g/mol. The Balaban J connectivity index is 1.59. The van der Waals surface area contributed by atoms with E-state index in [-0.39, 0.29) is 0 Å². The topological polar surface area (TPSA) is 37.4 Å². The zero-order valence-electron chi connectivity index (χ0n) is 12.4. The summed E-state index contributed by atoms with van der Waals surface area (Å²) in [6.45, 7) is 6.84. The Labute approximate surface area is 125 Å². The molecule has 2 aromatic rings. The van der Waals surface area contributed by atoms with E-state index in [1.165, 1.54) is 5.69 Å². The second-order valence-electron chi connectivity index (χ2n) is 5.39. The Morgan fingerprint density at radius 1 is 1.14 bits per heavy atom. The average Bonchev–Trinajstić information content (AvgIpc) is 2.54. The molecule has 0 unspecified atom stereocenters. The highest BCUT2D eigenvalue weighted by Crippen LogP contribution is 2.20. The molecule has 1 aliphatic rings. The number of aryl methyl sites for hydroxylation is 1. The Kier molecular flexibility index (Phi) is 4.36. The van der Waals surface area contributed by atoms with E-state index in [0.717, 1.165) is 43.1 Å². The van der Waals surface area contributed by atoms with Crippen LogP contribution >= 0.6 is 0 Å². The summed E-state index contributed by atoms with van der Waals surface area (Å²) >= 11 is 0. The predicted octanol–water partition coefficient (Wildman–Crippen LogP) is 2.38. The van der Waals surface area contributed by atoms with Gasteiger partial charge in [0.25, 0.3) is 0 Å². The summed E-state index contributed by atoms with van der Waals surface area (Å²) < 4.78 is 5.82. The molecule has 21 heavy (non-hydrogen) atoms. The van der Waals surface area contributed by atoms with Gasteiger partial charge in [0.15, 0.2) is 0 Å². The summed E-state index contributed by atoms with van der Waals surface area (Å²) in [5.41, 5.74) is 3.52. The van der Waals surface area contributed by atoms with Crippen molar-refractivity contribution in [3.63, 3.8) is 0 Å². The van der Waals surface area contributed by atoms with Crippen molar-refractivity contribution in [2.45, 2.75) is 13.5 Å². The molecule has 1 saturated heterocycles. The van der Waals surface area contributed by atoms with Crippen LogP contribution in [0.5, 0.6) is 5.75 Å². The van der Waals surface area contributed by atoms with Crippen LogP contribution < -0.4 is 15.0 Å². The zero-order chi connectivity index (χ0) is 14.5. The fraction of sp³-hybridized carbons (Fsp3) is 0.353. The van der Waals surface area contributed by atoms with Crippen LogP contribution in [0.4, 0.5) is 5.69 Å². The molecular weight excluding hydrogens is 262 g/mol. The Bertz CT molecular complexity index is 577. The first kappa shape index (κ1) is 13.9. The molecule has 0 amide bonds. The predicted molar refractivity (Wildman–Crippen MR) is 84.8 cm³/mol. The van der Waals surface area contributed by atoms with Gasteiger partial charge >= 0.3 is 0 Å². The quantitative estimate of drug-likeness (QED) is 0.935. The monoisotopic (exact) mass is 283 g/mol. The van der Waals surface area contributed by atoms with Crippen molar-refractivity contribution in [2.75, 3.05) is 31.1 Å². The standard InChI is InChI=1S/C17H21N3O/c1-14-10-15(12-19-11-14)13-21-17-4-2-16(3-5-17)20-8-6-18-7-9-20/h2-5,10-12,18H,6-9,13H2,1H3. The molecule has 3 rings (SSSR count). The molecular formula is C17H21N3O. The smallest absolute Gasteiger partial charge is 0.119 e. The number of nitrogens with one attached hydrogen (secondary N) is 1. The molecule has 110 valence electrons. The lowest BCUT2D eigenvalue weighted by molar-refractivity contribution is 0.305. The van der Waals surface area contributed by atoms with Crippen molar-refractivity contribution < 1.29 is 4.74 Å². The van der Waals surface area contributed by atoms with Gasteiger partial charge in [-0.25, -0.2) is 0 Å². The zero-order valence-corrected chi connectivity index (χ0v) is 12.4. The fourth-order valence-corrected chi connectivity index (χ4v) is 2.54. The first-order chi connectivity index (χ1) is 10.3. The number of anilines is 1. The van der Waals surface area contributed by atoms with E-state index in [0.29, 0.717) is 6.61 Å². The van der Waals surface area contributed by atoms with Crippen LogP contribution in [0.15, 0.2) is 42.7 Å². The highest BCUT2D eigenvalue weighted by molar-refractivity contribution is 5.49. The number of aromatic nitrogens is 1. The van der Waals surface area contributed by atoms with Crippen molar-refractivity contribution in [1.29, 1.82) is 0 Å². The first-order valence-electron chi connectivity index (χ1n) is 7.40. The highest BCUT2D eigenvalue weighted by atomic mass is 16.5. The van der Waals surface area contributed by atoms with Gasteiger partial charge in [-0.1, -0.05) is 0 Å². The van der Waals surface area contributed by atoms with Gasteiger partial charge in [-0.2, -0.15) is 0 Å². The van der Waals surface area contributed by atoms with Gasteiger partial charge in [-0.05, 0) is 42.8 Å². The van der Waals surface area contributed by atoms with Crippen LogP contribution in [0.1, 0.15) is 11.1 Å². The second kappa shape index (κ2) is 6.59. The van der Waals surface area contributed by atoms with Gasteiger partial charge in [0.1, 0.15) is 12.4 Å². The maximum atomic E-state index is 5.82. The number of rotatable bonds is 4. The highest BCUT2D eigenvalue weighted by Gasteiger charge is 2.10. The molecule has 1 aromatic heterocycles. The van der Waals surface area contributed by atoms with Gasteiger partial charge in [-0.3, -0.25) is 4.98 Å². The van der Waals surface area contributed by atoms with Gasteiger partial charge in [0, 0.05) is 49.8 Å². The number of benzene rings is 1. The fourth-order valence-electron chi connectivity index (χ4n) is 2.54. The van der Waals surface area contributed by atoms with E-state index >= 15 is 0 Å². The first-order valence-corrected chi connectivity index (χ1v) is 7.40. The van der Waals surface area contributed by atoms with Crippen LogP contribution in [0.25, 0.3) is 0 Å². The van der Waals surface area contributed by atoms with E-state index in [9.17, 15) is 0 Å². The van der Waals surface area contributed by atoms with Crippen molar-refractivity contribution in [3.8, 4) is 5.75 Å². The van der Waals surface area contributed by atoms with Gasteiger partial charge in [0.05, 0.1) is 0 Å². The molecule has 0 atom stereocenters. The number of ether oxygens (including phenoxy) is 1. The summed E-state index contributed by atoms with van der Waals surface area (Å²) in [7, 11) is 0. The Hall–Kier alpha value is -2.07. The molecule has 0 radical (unpaired) electrons. The summed E-state index contributed by atoms with van der Waals surface area (Å²) in [5.74, 6) is 0.899. The molecule has 0 saturated carbocycles. The van der Waals surface area contributed by atoms with E-state index < -0.39 is 0 Å². The van der Waals surface area contributed by atoms with Gasteiger partial charge in [0.2, 0.25) is 0 Å². The lowest BCUT2D eigenvalue weighted by Crippen LogP contribution is -2.43. The van der Waals surface area contributed by atoms with Crippen LogP contribution in [0, 0.1) is 6.92 Å². The maximum Gasteiger partial charge on any atom is 0.119 e.